The van der Waals surface area contributed by atoms with Gasteiger partial charge in [0.05, 0.1) is 0 Å². The highest BCUT2D eigenvalue weighted by atomic mass is 16.2. The lowest BCUT2D eigenvalue weighted by molar-refractivity contribution is -0.133. The molecule has 0 bridgehead atoms. The Bertz CT molecular complexity index is 198. The average Bonchev–Trinajstić information content (AvgIpc) is 2.30. The molecule has 1 amide bonds. The molecule has 0 aliphatic carbocycles. The normalized spacial score (nSPS) is 17.8. The fourth-order valence-corrected chi connectivity index (χ4v) is 2.22. The highest BCUT2D eigenvalue weighted by Gasteiger charge is 2.19. The average molecular weight is 226 g/mol. The second-order valence-electron chi connectivity index (χ2n) is 4.68. The zero-order chi connectivity index (χ0) is 11.8. The first-order valence-corrected chi connectivity index (χ1v) is 6.78. The van der Waals surface area contributed by atoms with Crippen molar-refractivity contribution in [1.29, 1.82) is 0 Å². The molecule has 3 nitrogen and oxygen atoms in total. The SMILES string of the molecule is CCCCCC(=O)N1CCN(CCC)CC1. The van der Waals surface area contributed by atoms with Crippen molar-refractivity contribution in [3.05, 3.63) is 0 Å². The largest absolute Gasteiger partial charge is 0.340 e. The fraction of sp³-hybridized carbons (Fsp3) is 0.923. The zero-order valence-electron chi connectivity index (χ0n) is 10.9. The monoisotopic (exact) mass is 226 g/mol. The van der Waals surface area contributed by atoms with Gasteiger partial charge in [0, 0.05) is 32.6 Å². The number of hydrogen-bond donors (Lipinski definition) is 0. The van der Waals surface area contributed by atoms with Gasteiger partial charge < -0.3 is 4.90 Å². The van der Waals surface area contributed by atoms with Crippen LogP contribution in [0.3, 0.4) is 0 Å². The molecule has 0 spiro atoms. The van der Waals surface area contributed by atoms with Crippen LogP contribution in [0.5, 0.6) is 0 Å². The molecule has 0 radical (unpaired) electrons. The Balaban J connectivity index is 2.17. The molecule has 0 aromatic heterocycles. The minimum atomic E-state index is 0.365. The van der Waals surface area contributed by atoms with E-state index in [-0.39, 0.29) is 0 Å². The molecule has 0 aromatic carbocycles. The number of carbonyl (C=O) groups is 1. The summed E-state index contributed by atoms with van der Waals surface area (Å²) in [6, 6.07) is 0. The molecular formula is C13H26N2O. The predicted molar refractivity (Wildman–Crippen MR) is 67.5 cm³/mol. The maximum Gasteiger partial charge on any atom is 0.222 e. The molecule has 3 heteroatoms. The maximum absolute atomic E-state index is 11.8. The molecule has 16 heavy (non-hydrogen) atoms. The van der Waals surface area contributed by atoms with Gasteiger partial charge in [-0.3, -0.25) is 9.69 Å². The van der Waals surface area contributed by atoms with Gasteiger partial charge in [-0.2, -0.15) is 0 Å². The van der Waals surface area contributed by atoms with Crippen LogP contribution in [-0.4, -0.2) is 48.4 Å². The molecule has 1 saturated heterocycles. The molecule has 94 valence electrons. The van der Waals surface area contributed by atoms with Crippen LogP contribution in [0, 0.1) is 0 Å². The highest BCUT2D eigenvalue weighted by molar-refractivity contribution is 5.76. The van der Waals surface area contributed by atoms with Gasteiger partial charge in [-0.25, -0.2) is 0 Å². The number of amides is 1. The molecule has 1 aliphatic heterocycles. The summed E-state index contributed by atoms with van der Waals surface area (Å²) in [5, 5.41) is 0. The van der Waals surface area contributed by atoms with Crippen molar-refractivity contribution < 1.29 is 4.79 Å². The van der Waals surface area contributed by atoms with Crippen LogP contribution in [0.2, 0.25) is 0 Å². The van der Waals surface area contributed by atoms with Crippen LogP contribution in [0.1, 0.15) is 46.0 Å². The van der Waals surface area contributed by atoms with Gasteiger partial charge in [0.25, 0.3) is 0 Å². The predicted octanol–water partition coefficient (Wildman–Crippen LogP) is 2.12. The molecule has 0 unspecified atom stereocenters. The molecule has 0 aromatic rings. The minimum Gasteiger partial charge on any atom is -0.340 e. The Morgan fingerprint density at radius 1 is 1.00 bits per heavy atom. The lowest BCUT2D eigenvalue weighted by atomic mass is 10.2. The molecule has 0 saturated carbocycles. The number of rotatable bonds is 6. The number of piperazine rings is 1. The summed E-state index contributed by atoms with van der Waals surface area (Å²) < 4.78 is 0. The number of nitrogens with zero attached hydrogens (tertiary/aromatic N) is 2. The third kappa shape index (κ3) is 4.52. The van der Waals surface area contributed by atoms with Crippen molar-refractivity contribution in [2.45, 2.75) is 46.0 Å². The third-order valence-corrected chi connectivity index (χ3v) is 3.26. The Morgan fingerprint density at radius 3 is 2.25 bits per heavy atom. The molecule has 1 heterocycles. The Morgan fingerprint density at radius 2 is 1.69 bits per heavy atom. The first-order chi connectivity index (χ1) is 7.77. The van der Waals surface area contributed by atoms with Crippen LogP contribution in [-0.2, 0) is 4.79 Å². The molecule has 0 atom stereocenters. The second kappa shape index (κ2) is 7.66. The summed E-state index contributed by atoms with van der Waals surface area (Å²) in [6.07, 6.45) is 5.40. The molecule has 1 fully saturated rings. The van der Waals surface area contributed by atoms with Crippen molar-refractivity contribution >= 4 is 5.91 Å². The lowest BCUT2D eigenvalue weighted by Crippen LogP contribution is -2.48. The van der Waals surface area contributed by atoms with Crippen molar-refractivity contribution in [3.63, 3.8) is 0 Å². The van der Waals surface area contributed by atoms with Crippen molar-refractivity contribution in [3.8, 4) is 0 Å². The van der Waals surface area contributed by atoms with E-state index in [9.17, 15) is 4.79 Å². The first kappa shape index (κ1) is 13.5. The van der Waals surface area contributed by atoms with Gasteiger partial charge in [0.2, 0.25) is 5.91 Å². The number of hydrogen-bond acceptors (Lipinski definition) is 2. The molecular weight excluding hydrogens is 200 g/mol. The summed E-state index contributed by atoms with van der Waals surface area (Å²) in [4.78, 5) is 16.3. The fourth-order valence-electron chi connectivity index (χ4n) is 2.22. The van der Waals surface area contributed by atoms with Crippen LogP contribution in [0.25, 0.3) is 0 Å². The standard InChI is InChI=1S/C13H26N2O/c1-3-5-6-7-13(16)15-11-9-14(8-4-2)10-12-15/h3-12H2,1-2H3. The summed E-state index contributed by atoms with van der Waals surface area (Å²) >= 11 is 0. The highest BCUT2D eigenvalue weighted by Crippen LogP contribution is 2.07. The lowest BCUT2D eigenvalue weighted by Gasteiger charge is -2.34. The van der Waals surface area contributed by atoms with Gasteiger partial charge in [-0.15, -0.1) is 0 Å². The van der Waals surface area contributed by atoms with Gasteiger partial charge in [0.15, 0.2) is 0 Å². The van der Waals surface area contributed by atoms with E-state index in [0.29, 0.717) is 5.91 Å². The quantitative estimate of drug-likeness (QED) is 0.648. The zero-order valence-corrected chi connectivity index (χ0v) is 10.9. The van der Waals surface area contributed by atoms with E-state index in [0.717, 1.165) is 39.0 Å². The van der Waals surface area contributed by atoms with Crippen LogP contribution < -0.4 is 0 Å². The molecule has 1 aliphatic rings. The summed E-state index contributed by atoms with van der Waals surface area (Å²) in [5.74, 6) is 0.365. The number of unbranched alkanes of at least 4 members (excludes halogenated alkanes) is 2. The van der Waals surface area contributed by atoms with E-state index in [1.807, 2.05) is 4.90 Å². The van der Waals surface area contributed by atoms with E-state index in [4.69, 9.17) is 0 Å². The van der Waals surface area contributed by atoms with E-state index in [2.05, 4.69) is 18.7 Å². The topological polar surface area (TPSA) is 23.6 Å². The van der Waals surface area contributed by atoms with Crippen molar-refractivity contribution in [2.75, 3.05) is 32.7 Å². The maximum atomic E-state index is 11.8. The van der Waals surface area contributed by atoms with Gasteiger partial charge in [-0.1, -0.05) is 26.7 Å². The first-order valence-electron chi connectivity index (χ1n) is 6.78. The van der Waals surface area contributed by atoms with E-state index >= 15 is 0 Å². The van der Waals surface area contributed by atoms with Gasteiger partial charge in [0.1, 0.15) is 0 Å². The number of carbonyl (C=O) groups excluding carboxylic acids is 1. The van der Waals surface area contributed by atoms with Crippen LogP contribution in [0.15, 0.2) is 0 Å². The van der Waals surface area contributed by atoms with Gasteiger partial charge in [-0.05, 0) is 19.4 Å². The summed E-state index contributed by atoms with van der Waals surface area (Å²) in [6.45, 7) is 9.56. The third-order valence-electron chi connectivity index (χ3n) is 3.26. The van der Waals surface area contributed by atoms with Crippen LogP contribution >= 0.6 is 0 Å². The Hall–Kier alpha value is -0.570. The minimum absolute atomic E-state index is 0.365. The molecule has 0 N–H and O–H groups in total. The summed E-state index contributed by atoms with van der Waals surface area (Å²) in [7, 11) is 0. The van der Waals surface area contributed by atoms with E-state index in [1.54, 1.807) is 0 Å². The van der Waals surface area contributed by atoms with E-state index < -0.39 is 0 Å². The smallest absolute Gasteiger partial charge is 0.222 e. The Kier molecular flexibility index (Phi) is 6.46. The second-order valence-corrected chi connectivity index (χ2v) is 4.68. The van der Waals surface area contributed by atoms with Crippen molar-refractivity contribution in [2.24, 2.45) is 0 Å². The van der Waals surface area contributed by atoms with Gasteiger partial charge >= 0.3 is 0 Å². The summed E-state index contributed by atoms with van der Waals surface area (Å²) in [5.41, 5.74) is 0. The van der Waals surface area contributed by atoms with Crippen LogP contribution in [0.4, 0.5) is 0 Å². The molecule has 1 rings (SSSR count). The Labute approximate surface area is 99.8 Å². The van der Waals surface area contributed by atoms with Crippen molar-refractivity contribution in [1.82, 2.24) is 9.80 Å². The van der Waals surface area contributed by atoms with E-state index in [1.165, 1.54) is 25.8 Å².